The Bertz CT molecular complexity index is 370. The number of nitrogens with zero attached hydrogens (tertiary/aromatic N) is 1. The van der Waals surface area contributed by atoms with Crippen LogP contribution in [0.3, 0.4) is 0 Å². The van der Waals surface area contributed by atoms with Gasteiger partial charge in [0, 0.05) is 12.6 Å². The molecule has 1 aromatic heterocycles. The highest BCUT2D eigenvalue weighted by Gasteiger charge is 2.33. The molecule has 1 saturated carbocycles. The highest BCUT2D eigenvalue weighted by molar-refractivity contribution is 5.14. The van der Waals surface area contributed by atoms with Crippen LogP contribution in [0.25, 0.3) is 0 Å². The van der Waals surface area contributed by atoms with Gasteiger partial charge in [-0.2, -0.15) is 0 Å². The van der Waals surface area contributed by atoms with Crippen molar-refractivity contribution in [3.63, 3.8) is 0 Å². The summed E-state index contributed by atoms with van der Waals surface area (Å²) in [5, 5.41) is 3.53. The van der Waals surface area contributed by atoms with Gasteiger partial charge in [-0.15, -0.1) is 0 Å². The highest BCUT2D eigenvalue weighted by Crippen LogP contribution is 2.31. The van der Waals surface area contributed by atoms with Crippen LogP contribution in [0, 0.1) is 12.8 Å². The fourth-order valence-corrected chi connectivity index (χ4v) is 2.78. The van der Waals surface area contributed by atoms with Crippen LogP contribution in [0.2, 0.25) is 0 Å². The van der Waals surface area contributed by atoms with Gasteiger partial charge in [0.2, 0.25) is 0 Å². The first-order valence-electron chi connectivity index (χ1n) is 6.80. The number of furan rings is 1. The van der Waals surface area contributed by atoms with Gasteiger partial charge in [-0.05, 0) is 56.8 Å². The molecule has 0 bridgehead atoms. The average Bonchev–Trinajstić information content (AvgIpc) is 2.94. The molecule has 1 aliphatic heterocycles. The third kappa shape index (κ3) is 2.72. The molecule has 3 nitrogen and oxygen atoms in total. The van der Waals surface area contributed by atoms with Crippen LogP contribution in [0.15, 0.2) is 16.7 Å². The van der Waals surface area contributed by atoms with Gasteiger partial charge >= 0.3 is 0 Å². The summed E-state index contributed by atoms with van der Waals surface area (Å²) < 4.78 is 5.43. The maximum absolute atomic E-state index is 5.43. The van der Waals surface area contributed by atoms with Crippen LogP contribution in [-0.4, -0.2) is 30.6 Å². The van der Waals surface area contributed by atoms with Crippen LogP contribution in [0.4, 0.5) is 0 Å². The van der Waals surface area contributed by atoms with Crippen LogP contribution < -0.4 is 5.32 Å². The SMILES string of the molecule is Cc1ccoc1CNCC1CCN(C2CC2)C1. The van der Waals surface area contributed by atoms with Gasteiger partial charge in [-0.3, -0.25) is 0 Å². The molecule has 17 heavy (non-hydrogen) atoms. The van der Waals surface area contributed by atoms with Crippen LogP contribution in [-0.2, 0) is 6.54 Å². The molecule has 94 valence electrons. The minimum absolute atomic E-state index is 0.839. The fraction of sp³-hybridized carbons (Fsp3) is 0.714. The number of likely N-dealkylation sites (tertiary alicyclic amines) is 1. The number of aryl methyl sites for hydroxylation is 1. The molecule has 1 N–H and O–H groups in total. The van der Waals surface area contributed by atoms with E-state index in [4.69, 9.17) is 4.42 Å². The minimum Gasteiger partial charge on any atom is -0.468 e. The predicted octanol–water partition coefficient (Wildman–Crippen LogP) is 2.16. The second kappa shape index (κ2) is 4.83. The molecule has 0 amide bonds. The summed E-state index contributed by atoms with van der Waals surface area (Å²) in [7, 11) is 0. The smallest absolute Gasteiger partial charge is 0.120 e. The van der Waals surface area contributed by atoms with E-state index in [0.717, 1.165) is 30.8 Å². The van der Waals surface area contributed by atoms with E-state index in [9.17, 15) is 0 Å². The molecule has 3 rings (SSSR count). The van der Waals surface area contributed by atoms with Crippen molar-refractivity contribution < 1.29 is 4.42 Å². The molecule has 2 heterocycles. The van der Waals surface area contributed by atoms with Gasteiger partial charge in [0.05, 0.1) is 12.8 Å². The maximum atomic E-state index is 5.43. The lowest BCUT2D eigenvalue weighted by Gasteiger charge is -2.14. The summed E-state index contributed by atoms with van der Waals surface area (Å²) in [5.41, 5.74) is 1.25. The summed E-state index contributed by atoms with van der Waals surface area (Å²) in [6, 6.07) is 2.97. The second-order valence-corrected chi connectivity index (χ2v) is 5.54. The van der Waals surface area contributed by atoms with Gasteiger partial charge in [0.15, 0.2) is 0 Å². The number of nitrogens with one attached hydrogen (secondary N) is 1. The van der Waals surface area contributed by atoms with E-state index in [1.165, 1.54) is 37.9 Å². The van der Waals surface area contributed by atoms with E-state index in [0.29, 0.717) is 0 Å². The van der Waals surface area contributed by atoms with Gasteiger partial charge < -0.3 is 14.6 Å². The third-order valence-electron chi connectivity index (χ3n) is 4.07. The molecule has 1 aliphatic carbocycles. The van der Waals surface area contributed by atoms with Gasteiger partial charge in [0.25, 0.3) is 0 Å². The van der Waals surface area contributed by atoms with Crippen molar-refractivity contribution in [3.05, 3.63) is 23.7 Å². The first kappa shape index (κ1) is 11.3. The van der Waals surface area contributed by atoms with Gasteiger partial charge in [-0.1, -0.05) is 0 Å². The maximum Gasteiger partial charge on any atom is 0.120 e. The largest absolute Gasteiger partial charge is 0.468 e. The average molecular weight is 234 g/mol. The monoisotopic (exact) mass is 234 g/mol. The highest BCUT2D eigenvalue weighted by atomic mass is 16.3. The van der Waals surface area contributed by atoms with E-state index >= 15 is 0 Å². The molecule has 1 unspecified atom stereocenters. The van der Waals surface area contributed by atoms with Crippen molar-refractivity contribution in [2.75, 3.05) is 19.6 Å². The molecular formula is C14H22N2O. The van der Waals surface area contributed by atoms with Crippen molar-refractivity contribution >= 4 is 0 Å². The van der Waals surface area contributed by atoms with E-state index in [-0.39, 0.29) is 0 Å². The number of hydrogen-bond acceptors (Lipinski definition) is 3. The van der Waals surface area contributed by atoms with Crippen LogP contribution >= 0.6 is 0 Å². The number of hydrogen-bond donors (Lipinski definition) is 1. The molecule has 0 aromatic carbocycles. The first-order valence-corrected chi connectivity index (χ1v) is 6.80. The summed E-state index contributed by atoms with van der Waals surface area (Å²) >= 11 is 0. The normalized spacial score (nSPS) is 25.6. The second-order valence-electron chi connectivity index (χ2n) is 5.54. The first-order chi connectivity index (χ1) is 8.33. The third-order valence-corrected chi connectivity index (χ3v) is 4.07. The van der Waals surface area contributed by atoms with Crippen molar-refractivity contribution in [2.24, 2.45) is 5.92 Å². The van der Waals surface area contributed by atoms with Crippen molar-refractivity contribution in [3.8, 4) is 0 Å². The molecule has 0 radical (unpaired) electrons. The Morgan fingerprint density at radius 3 is 3.00 bits per heavy atom. The zero-order valence-corrected chi connectivity index (χ0v) is 10.6. The molecule has 1 aromatic rings. The van der Waals surface area contributed by atoms with Gasteiger partial charge in [-0.25, -0.2) is 0 Å². The quantitative estimate of drug-likeness (QED) is 0.846. The Morgan fingerprint density at radius 2 is 2.29 bits per heavy atom. The fourth-order valence-electron chi connectivity index (χ4n) is 2.78. The number of rotatable bonds is 5. The van der Waals surface area contributed by atoms with E-state index < -0.39 is 0 Å². The van der Waals surface area contributed by atoms with Gasteiger partial charge in [0.1, 0.15) is 5.76 Å². The topological polar surface area (TPSA) is 28.4 Å². The van der Waals surface area contributed by atoms with E-state index in [1.54, 1.807) is 6.26 Å². The predicted molar refractivity (Wildman–Crippen MR) is 67.9 cm³/mol. The lowest BCUT2D eigenvalue weighted by atomic mass is 10.1. The van der Waals surface area contributed by atoms with E-state index in [2.05, 4.69) is 17.1 Å². The summed E-state index contributed by atoms with van der Waals surface area (Å²) in [4.78, 5) is 2.67. The summed E-state index contributed by atoms with van der Waals surface area (Å²) in [6.07, 6.45) is 6.01. The Labute approximate surface area is 103 Å². The minimum atomic E-state index is 0.839. The standard InChI is InChI=1S/C14H22N2O/c1-11-5-7-17-14(11)9-15-8-12-4-6-16(10-12)13-2-3-13/h5,7,12-13,15H,2-4,6,8-10H2,1H3. The molecule has 1 saturated heterocycles. The van der Waals surface area contributed by atoms with E-state index in [1.807, 2.05) is 6.07 Å². The molecule has 2 fully saturated rings. The zero-order chi connectivity index (χ0) is 11.7. The lowest BCUT2D eigenvalue weighted by Crippen LogP contribution is -2.27. The zero-order valence-electron chi connectivity index (χ0n) is 10.6. The van der Waals surface area contributed by atoms with Crippen molar-refractivity contribution in [2.45, 2.75) is 38.8 Å². The Morgan fingerprint density at radius 1 is 1.41 bits per heavy atom. The Kier molecular flexibility index (Phi) is 3.21. The lowest BCUT2D eigenvalue weighted by molar-refractivity contribution is 0.311. The van der Waals surface area contributed by atoms with Crippen LogP contribution in [0.1, 0.15) is 30.6 Å². The molecule has 0 spiro atoms. The van der Waals surface area contributed by atoms with Crippen molar-refractivity contribution in [1.82, 2.24) is 10.2 Å². The Hall–Kier alpha value is -0.800. The molecule has 1 atom stereocenters. The Balaban J connectivity index is 1.39. The molecule has 3 heteroatoms. The summed E-state index contributed by atoms with van der Waals surface area (Å²) in [6.45, 7) is 6.72. The molecular weight excluding hydrogens is 212 g/mol. The van der Waals surface area contributed by atoms with Crippen LogP contribution in [0.5, 0.6) is 0 Å². The summed E-state index contributed by atoms with van der Waals surface area (Å²) in [5.74, 6) is 1.92. The molecule has 2 aliphatic rings. The van der Waals surface area contributed by atoms with Crippen molar-refractivity contribution in [1.29, 1.82) is 0 Å².